The normalized spacial score (nSPS) is 21.9. The molecule has 1 heterocycles. The van der Waals surface area contributed by atoms with E-state index in [1.165, 1.54) is 4.90 Å². The molecule has 1 saturated heterocycles. The molecule has 1 rings (SSSR count). The highest BCUT2D eigenvalue weighted by molar-refractivity contribution is 5.88. The highest BCUT2D eigenvalue weighted by Gasteiger charge is 2.34. The molecule has 0 saturated carbocycles. The fourth-order valence-electron chi connectivity index (χ4n) is 1.98. The number of nitrogens with zero attached hydrogens (tertiary/aromatic N) is 1. The van der Waals surface area contributed by atoms with Gasteiger partial charge in [-0.25, -0.2) is 9.59 Å². The Labute approximate surface area is 117 Å². The van der Waals surface area contributed by atoms with Crippen molar-refractivity contribution in [2.75, 3.05) is 19.8 Å². The van der Waals surface area contributed by atoms with Crippen LogP contribution in [0.4, 0.5) is 4.79 Å². The maximum atomic E-state index is 12.1. The molecular weight excluding hydrogens is 266 g/mol. The molecule has 8 nitrogen and oxygen atoms in total. The second-order valence-corrected chi connectivity index (χ2v) is 4.84. The predicted octanol–water partition coefficient (Wildman–Crippen LogP) is -0.619. The van der Waals surface area contributed by atoms with E-state index in [1.54, 1.807) is 6.92 Å². The SMILES string of the molecule is CC[C@H](C)[C@H](NC(=O)N1CCOCC1C(N)=O)C(=O)O. The molecule has 0 aromatic heterocycles. The minimum atomic E-state index is -1.10. The number of nitrogens with one attached hydrogen (secondary N) is 1. The van der Waals surface area contributed by atoms with Crippen LogP contribution in [0.3, 0.4) is 0 Å². The number of rotatable bonds is 5. The first-order valence-corrected chi connectivity index (χ1v) is 6.55. The van der Waals surface area contributed by atoms with Crippen molar-refractivity contribution in [1.82, 2.24) is 10.2 Å². The Morgan fingerprint density at radius 2 is 2.15 bits per heavy atom. The van der Waals surface area contributed by atoms with E-state index in [9.17, 15) is 14.4 Å². The molecule has 1 aliphatic heterocycles. The Morgan fingerprint density at radius 1 is 1.50 bits per heavy atom. The summed E-state index contributed by atoms with van der Waals surface area (Å²) in [6.45, 7) is 4.10. The van der Waals surface area contributed by atoms with Gasteiger partial charge in [0.2, 0.25) is 5.91 Å². The maximum Gasteiger partial charge on any atom is 0.326 e. The fraction of sp³-hybridized carbons (Fsp3) is 0.750. The largest absolute Gasteiger partial charge is 0.480 e. The van der Waals surface area contributed by atoms with Crippen molar-refractivity contribution >= 4 is 17.9 Å². The number of hydrogen-bond acceptors (Lipinski definition) is 4. The van der Waals surface area contributed by atoms with Crippen molar-refractivity contribution < 1.29 is 24.2 Å². The maximum absolute atomic E-state index is 12.1. The van der Waals surface area contributed by atoms with E-state index >= 15 is 0 Å². The lowest BCUT2D eigenvalue weighted by molar-refractivity contribution is -0.140. The predicted molar refractivity (Wildman–Crippen MR) is 69.9 cm³/mol. The molecular formula is C12H21N3O5. The highest BCUT2D eigenvalue weighted by atomic mass is 16.5. The molecule has 0 radical (unpaired) electrons. The lowest BCUT2D eigenvalue weighted by Gasteiger charge is -2.34. The van der Waals surface area contributed by atoms with Crippen LogP contribution in [0.15, 0.2) is 0 Å². The van der Waals surface area contributed by atoms with E-state index in [-0.39, 0.29) is 25.7 Å². The number of primary amides is 1. The third-order valence-electron chi connectivity index (χ3n) is 3.48. The molecule has 1 fully saturated rings. The van der Waals surface area contributed by atoms with E-state index in [2.05, 4.69) is 5.32 Å². The zero-order valence-electron chi connectivity index (χ0n) is 11.7. The summed E-state index contributed by atoms with van der Waals surface area (Å²) < 4.78 is 5.11. The summed E-state index contributed by atoms with van der Waals surface area (Å²) in [6, 6.07) is -2.47. The van der Waals surface area contributed by atoms with Gasteiger partial charge >= 0.3 is 12.0 Å². The standard InChI is InChI=1S/C12H21N3O5/c1-3-7(2)9(11(17)18)14-12(19)15-4-5-20-6-8(15)10(13)16/h7-9H,3-6H2,1-2H3,(H2,13,16)(H,14,19)(H,17,18)/t7-,8?,9-/m0/s1. The molecule has 4 N–H and O–H groups in total. The van der Waals surface area contributed by atoms with Gasteiger partial charge in [-0.3, -0.25) is 4.79 Å². The monoisotopic (exact) mass is 287 g/mol. The third kappa shape index (κ3) is 3.83. The van der Waals surface area contributed by atoms with Gasteiger partial charge in [-0.15, -0.1) is 0 Å². The number of carboxylic acids is 1. The van der Waals surface area contributed by atoms with Crippen LogP contribution in [0, 0.1) is 5.92 Å². The molecule has 0 aromatic rings. The zero-order valence-corrected chi connectivity index (χ0v) is 11.7. The van der Waals surface area contributed by atoms with Crippen LogP contribution in [0.25, 0.3) is 0 Å². The summed E-state index contributed by atoms with van der Waals surface area (Å²) in [5, 5.41) is 11.6. The second-order valence-electron chi connectivity index (χ2n) is 4.84. The first-order valence-electron chi connectivity index (χ1n) is 6.55. The third-order valence-corrected chi connectivity index (χ3v) is 3.48. The fourth-order valence-corrected chi connectivity index (χ4v) is 1.98. The number of carboxylic acid groups (broad SMARTS) is 1. The van der Waals surface area contributed by atoms with E-state index in [1.807, 2.05) is 6.92 Å². The molecule has 1 unspecified atom stereocenters. The smallest absolute Gasteiger partial charge is 0.326 e. The minimum absolute atomic E-state index is 0.0316. The highest BCUT2D eigenvalue weighted by Crippen LogP contribution is 2.11. The molecule has 0 aromatic carbocycles. The van der Waals surface area contributed by atoms with Gasteiger partial charge in [0, 0.05) is 6.54 Å². The van der Waals surface area contributed by atoms with Gasteiger partial charge < -0.3 is 25.8 Å². The van der Waals surface area contributed by atoms with E-state index < -0.39 is 30.0 Å². The van der Waals surface area contributed by atoms with E-state index in [4.69, 9.17) is 15.6 Å². The van der Waals surface area contributed by atoms with E-state index in [0.717, 1.165) is 0 Å². The number of nitrogens with two attached hydrogens (primary N) is 1. The number of morpholine rings is 1. The summed E-state index contributed by atoms with van der Waals surface area (Å²) >= 11 is 0. The van der Waals surface area contributed by atoms with E-state index in [0.29, 0.717) is 6.42 Å². The number of ether oxygens (including phenoxy) is 1. The summed E-state index contributed by atoms with van der Waals surface area (Å²) in [6.07, 6.45) is 0.611. The van der Waals surface area contributed by atoms with Crippen molar-refractivity contribution in [2.45, 2.75) is 32.4 Å². The number of aliphatic carboxylic acids is 1. The van der Waals surface area contributed by atoms with Gasteiger partial charge in [-0.2, -0.15) is 0 Å². The Morgan fingerprint density at radius 3 is 2.65 bits per heavy atom. The Bertz CT molecular complexity index is 387. The summed E-state index contributed by atoms with van der Waals surface area (Å²) in [4.78, 5) is 35.8. The Hall–Kier alpha value is -1.83. The summed E-state index contributed by atoms with van der Waals surface area (Å²) in [5.41, 5.74) is 5.22. The molecule has 3 amide bonds. The molecule has 0 spiro atoms. The number of urea groups is 1. The van der Waals surface area contributed by atoms with Crippen molar-refractivity contribution in [3.05, 3.63) is 0 Å². The van der Waals surface area contributed by atoms with Gasteiger partial charge in [0.25, 0.3) is 0 Å². The first kappa shape index (κ1) is 16.2. The summed E-state index contributed by atoms with van der Waals surface area (Å²) in [5.74, 6) is -1.99. The van der Waals surface area contributed by atoms with Crippen LogP contribution in [0.2, 0.25) is 0 Å². The molecule has 114 valence electrons. The molecule has 3 atom stereocenters. The Kier molecular flexibility index (Phi) is 5.75. The van der Waals surface area contributed by atoms with Crippen molar-refractivity contribution in [3.8, 4) is 0 Å². The molecule has 1 aliphatic rings. The average molecular weight is 287 g/mol. The average Bonchev–Trinajstić information content (AvgIpc) is 2.43. The summed E-state index contributed by atoms with van der Waals surface area (Å²) in [7, 11) is 0. The number of carbonyl (C=O) groups excluding carboxylic acids is 2. The van der Waals surface area contributed by atoms with Crippen LogP contribution in [-0.2, 0) is 14.3 Å². The van der Waals surface area contributed by atoms with Gasteiger partial charge in [-0.1, -0.05) is 20.3 Å². The van der Waals surface area contributed by atoms with Gasteiger partial charge in [0.1, 0.15) is 12.1 Å². The van der Waals surface area contributed by atoms with Crippen LogP contribution in [0.5, 0.6) is 0 Å². The topological polar surface area (TPSA) is 122 Å². The lowest BCUT2D eigenvalue weighted by atomic mass is 9.99. The molecule has 20 heavy (non-hydrogen) atoms. The molecule has 0 bridgehead atoms. The first-order chi connectivity index (χ1) is 9.38. The number of hydrogen-bond donors (Lipinski definition) is 3. The number of amides is 3. The lowest BCUT2D eigenvalue weighted by Crippen LogP contribution is -2.60. The van der Waals surface area contributed by atoms with Crippen molar-refractivity contribution in [1.29, 1.82) is 0 Å². The van der Waals surface area contributed by atoms with Gasteiger partial charge in [0.05, 0.1) is 13.2 Å². The number of carbonyl (C=O) groups is 3. The van der Waals surface area contributed by atoms with Crippen LogP contribution in [0.1, 0.15) is 20.3 Å². The minimum Gasteiger partial charge on any atom is -0.480 e. The second kappa shape index (κ2) is 7.09. The molecule has 0 aliphatic carbocycles. The quantitative estimate of drug-likeness (QED) is 0.622. The van der Waals surface area contributed by atoms with Crippen molar-refractivity contribution in [2.24, 2.45) is 11.7 Å². The van der Waals surface area contributed by atoms with Gasteiger partial charge in [-0.05, 0) is 5.92 Å². The Balaban J connectivity index is 2.76. The zero-order chi connectivity index (χ0) is 15.3. The molecule has 8 heteroatoms. The van der Waals surface area contributed by atoms with Gasteiger partial charge in [0.15, 0.2) is 0 Å². The van der Waals surface area contributed by atoms with Crippen molar-refractivity contribution in [3.63, 3.8) is 0 Å². The van der Waals surface area contributed by atoms with Crippen LogP contribution < -0.4 is 11.1 Å². The van der Waals surface area contributed by atoms with Crippen LogP contribution >= 0.6 is 0 Å². The van der Waals surface area contributed by atoms with Crippen LogP contribution in [-0.4, -0.2) is 59.8 Å².